The summed E-state index contributed by atoms with van der Waals surface area (Å²) in [6, 6.07) is 6.65. The maximum atomic E-state index is 11.9. The average Bonchev–Trinajstić information content (AvgIpc) is 2.97. The Kier molecular flexibility index (Phi) is 6.42. The van der Waals surface area contributed by atoms with Gasteiger partial charge in [-0.3, -0.25) is 9.59 Å². The molecule has 1 aliphatic rings. The van der Waals surface area contributed by atoms with Gasteiger partial charge in [0, 0.05) is 30.1 Å². The third-order valence-electron chi connectivity index (χ3n) is 4.12. The Labute approximate surface area is 141 Å². The van der Waals surface area contributed by atoms with Gasteiger partial charge in [0.1, 0.15) is 0 Å². The molecule has 0 heterocycles. The fourth-order valence-corrected chi connectivity index (χ4v) is 2.84. The summed E-state index contributed by atoms with van der Waals surface area (Å²) in [6.07, 6.45) is 4.43. The molecule has 0 radical (unpaired) electrons. The number of aliphatic hydroxyl groups is 1. The van der Waals surface area contributed by atoms with Gasteiger partial charge in [-0.1, -0.05) is 24.4 Å². The average molecular weight is 339 g/mol. The second-order valence-corrected chi connectivity index (χ2v) is 6.51. The minimum Gasteiger partial charge on any atom is -0.388 e. The second-order valence-electron chi connectivity index (χ2n) is 6.07. The van der Waals surface area contributed by atoms with Crippen LogP contribution in [0.25, 0.3) is 0 Å². The molecule has 0 aliphatic heterocycles. The molecular formula is C17H23ClN2O3. The Morgan fingerprint density at radius 1 is 1.13 bits per heavy atom. The van der Waals surface area contributed by atoms with Crippen molar-refractivity contribution in [1.29, 1.82) is 0 Å². The van der Waals surface area contributed by atoms with Crippen LogP contribution in [0.1, 0.15) is 48.9 Å². The lowest BCUT2D eigenvalue weighted by Crippen LogP contribution is -2.40. The number of halogens is 1. The molecule has 0 saturated heterocycles. The molecule has 0 aromatic heterocycles. The van der Waals surface area contributed by atoms with Gasteiger partial charge in [0.25, 0.3) is 5.91 Å². The van der Waals surface area contributed by atoms with E-state index in [1.54, 1.807) is 24.3 Å². The Bertz CT molecular complexity index is 539. The monoisotopic (exact) mass is 338 g/mol. The van der Waals surface area contributed by atoms with Crippen molar-refractivity contribution in [2.75, 3.05) is 13.1 Å². The van der Waals surface area contributed by atoms with E-state index in [-0.39, 0.29) is 11.8 Å². The Morgan fingerprint density at radius 3 is 2.43 bits per heavy atom. The van der Waals surface area contributed by atoms with Gasteiger partial charge in [-0.15, -0.1) is 0 Å². The lowest BCUT2D eigenvalue weighted by atomic mass is 10.0. The van der Waals surface area contributed by atoms with Crippen molar-refractivity contribution in [2.24, 2.45) is 0 Å². The van der Waals surface area contributed by atoms with Gasteiger partial charge < -0.3 is 15.7 Å². The van der Waals surface area contributed by atoms with Crippen LogP contribution in [0.15, 0.2) is 24.3 Å². The zero-order valence-electron chi connectivity index (χ0n) is 13.1. The summed E-state index contributed by atoms with van der Waals surface area (Å²) < 4.78 is 0. The third-order valence-corrected chi connectivity index (χ3v) is 4.37. The summed E-state index contributed by atoms with van der Waals surface area (Å²) in [5.41, 5.74) is -0.180. The zero-order valence-corrected chi connectivity index (χ0v) is 13.9. The van der Waals surface area contributed by atoms with E-state index in [1.165, 1.54) is 0 Å². The molecule has 1 aromatic carbocycles. The molecule has 126 valence electrons. The van der Waals surface area contributed by atoms with Crippen molar-refractivity contribution in [1.82, 2.24) is 10.6 Å². The molecule has 6 heteroatoms. The molecule has 1 aromatic rings. The Morgan fingerprint density at radius 2 is 1.78 bits per heavy atom. The minimum absolute atomic E-state index is 0.0916. The van der Waals surface area contributed by atoms with Crippen LogP contribution in [0, 0.1) is 0 Å². The predicted octanol–water partition coefficient (Wildman–Crippen LogP) is 2.27. The molecule has 0 atom stereocenters. The topological polar surface area (TPSA) is 78.4 Å². The molecule has 2 rings (SSSR count). The largest absolute Gasteiger partial charge is 0.388 e. The Balaban J connectivity index is 1.60. The predicted molar refractivity (Wildman–Crippen MR) is 89.4 cm³/mol. The van der Waals surface area contributed by atoms with Crippen LogP contribution in [0.3, 0.4) is 0 Å². The third kappa shape index (κ3) is 5.84. The van der Waals surface area contributed by atoms with Crippen LogP contribution >= 0.6 is 11.6 Å². The standard InChI is InChI=1S/C17H23ClN2O3/c18-14-7-5-13(6-8-14)16(22)19-11-3-4-15(21)20-12-17(23)9-1-2-10-17/h5-8,23H,1-4,9-12H2,(H,19,22)(H,20,21). The van der Waals surface area contributed by atoms with Gasteiger partial charge in [-0.25, -0.2) is 0 Å². The molecule has 23 heavy (non-hydrogen) atoms. The van der Waals surface area contributed by atoms with Crippen LogP contribution < -0.4 is 10.6 Å². The summed E-state index contributed by atoms with van der Waals surface area (Å²) in [5.74, 6) is -0.270. The first-order chi connectivity index (χ1) is 11.0. The first kappa shape index (κ1) is 17.8. The zero-order chi connectivity index (χ0) is 16.7. The molecular weight excluding hydrogens is 316 g/mol. The second kappa shape index (κ2) is 8.31. The lowest BCUT2D eigenvalue weighted by molar-refractivity contribution is -0.122. The van der Waals surface area contributed by atoms with Crippen LogP contribution in [-0.2, 0) is 4.79 Å². The van der Waals surface area contributed by atoms with Gasteiger partial charge in [0.2, 0.25) is 5.91 Å². The van der Waals surface area contributed by atoms with Crippen LogP contribution in [-0.4, -0.2) is 35.6 Å². The van der Waals surface area contributed by atoms with Gasteiger partial charge >= 0.3 is 0 Å². The number of hydrogen-bond acceptors (Lipinski definition) is 3. The van der Waals surface area contributed by atoms with E-state index in [1.807, 2.05) is 0 Å². The lowest BCUT2D eigenvalue weighted by Gasteiger charge is -2.22. The quantitative estimate of drug-likeness (QED) is 0.667. The molecule has 2 amide bonds. The maximum absolute atomic E-state index is 11.9. The van der Waals surface area contributed by atoms with Crippen LogP contribution in [0.5, 0.6) is 0 Å². The van der Waals surface area contributed by atoms with Crippen molar-refractivity contribution in [3.05, 3.63) is 34.9 Å². The molecule has 5 nitrogen and oxygen atoms in total. The smallest absolute Gasteiger partial charge is 0.251 e. The molecule has 0 spiro atoms. The first-order valence-electron chi connectivity index (χ1n) is 8.01. The number of carbonyl (C=O) groups is 2. The number of nitrogens with one attached hydrogen (secondary N) is 2. The van der Waals surface area contributed by atoms with Crippen LogP contribution in [0.2, 0.25) is 5.02 Å². The molecule has 0 bridgehead atoms. The van der Waals surface area contributed by atoms with E-state index < -0.39 is 5.60 Å². The highest BCUT2D eigenvalue weighted by Crippen LogP contribution is 2.28. The van der Waals surface area contributed by atoms with Crippen molar-refractivity contribution >= 4 is 23.4 Å². The highest BCUT2D eigenvalue weighted by molar-refractivity contribution is 6.30. The fraction of sp³-hybridized carbons (Fsp3) is 0.529. The summed E-state index contributed by atoms with van der Waals surface area (Å²) in [6.45, 7) is 0.752. The van der Waals surface area contributed by atoms with Crippen molar-refractivity contribution in [2.45, 2.75) is 44.1 Å². The fourth-order valence-electron chi connectivity index (χ4n) is 2.72. The van der Waals surface area contributed by atoms with E-state index in [4.69, 9.17) is 11.6 Å². The number of rotatable bonds is 7. The van der Waals surface area contributed by atoms with Gasteiger partial charge in [0.05, 0.1) is 5.60 Å². The SMILES string of the molecule is O=C(CCCNC(=O)c1ccc(Cl)cc1)NCC1(O)CCCC1. The normalized spacial score (nSPS) is 16.1. The van der Waals surface area contributed by atoms with E-state index in [0.717, 1.165) is 25.7 Å². The number of amides is 2. The minimum atomic E-state index is -0.724. The summed E-state index contributed by atoms with van der Waals surface area (Å²) in [4.78, 5) is 23.6. The number of benzene rings is 1. The molecule has 1 fully saturated rings. The van der Waals surface area contributed by atoms with E-state index in [9.17, 15) is 14.7 Å². The Hall–Kier alpha value is -1.59. The number of hydrogen-bond donors (Lipinski definition) is 3. The van der Waals surface area contributed by atoms with E-state index in [2.05, 4.69) is 10.6 Å². The summed E-state index contributed by atoms with van der Waals surface area (Å²) >= 11 is 5.77. The molecule has 0 unspecified atom stereocenters. The van der Waals surface area contributed by atoms with Gasteiger partial charge in [-0.05, 0) is 43.5 Å². The summed E-state index contributed by atoms with van der Waals surface area (Å²) in [7, 11) is 0. The number of carbonyl (C=O) groups excluding carboxylic acids is 2. The molecule has 3 N–H and O–H groups in total. The summed E-state index contributed by atoms with van der Waals surface area (Å²) in [5, 5.41) is 16.3. The molecule has 1 aliphatic carbocycles. The van der Waals surface area contributed by atoms with Crippen molar-refractivity contribution in [3.8, 4) is 0 Å². The van der Waals surface area contributed by atoms with Gasteiger partial charge in [-0.2, -0.15) is 0 Å². The van der Waals surface area contributed by atoms with Crippen molar-refractivity contribution < 1.29 is 14.7 Å². The van der Waals surface area contributed by atoms with Crippen molar-refractivity contribution in [3.63, 3.8) is 0 Å². The molecule has 1 saturated carbocycles. The highest BCUT2D eigenvalue weighted by atomic mass is 35.5. The maximum Gasteiger partial charge on any atom is 0.251 e. The highest BCUT2D eigenvalue weighted by Gasteiger charge is 2.31. The van der Waals surface area contributed by atoms with Crippen LogP contribution in [0.4, 0.5) is 0 Å². The first-order valence-corrected chi connectivity index (χ1v) is 8.39. The van der Waals surface area contributed by atoms with Gasteiger partial charge in [0.15, 0.2) is 0 Å². The van der Waals surface area contributed by atoms with E-state index >= 15 is 0 Å². The van der Waals surface area contributed by atoms with E-state index in [0.29, 0.717) is 36.5 Å².